The molecule has 0 saturated carbocycles. The summed E-state index contributed by atoms with van der Waals surface area (Å²) in [6.45, 7) is 2.72. The number of H-pyrrole nitrogens is 1. The molecule has 128 valence electrons. The Hall–Kier alpha value is -2.11. The van der Waals surface area contributed by atoms with E-state index in [1.54, 1.807) is 42.7 Å². The molecule has 1 atom stereocenters. The Morgan fingerprint density at radius 1 is 1.08 bits per heavy atom. The van der Waals surface area contributed by atoms with Gasteiger partial charge in [0.1, 0.15) is 0 Å². The normalized spacial score (nSPS) is 16.9. The van der Waals surface area contributed by atoms with E-state index in [-0.39, 0.29) is 24.1 Å². The number of rotatable bonds is 5. The van der Waals surface area contributed by atoms with Gasteiger partial charge in [-0.1, -0.05) is 12.1 Å². The maximum atomic E-state index is 12.2. The molecule has 0 aliphatic carbocycles. The molecule has 5 nitrogen and oxygen atoms in total. The van der Waals surface area contributed by atoms with Gasteiger partial charge in [-0.25, -0.2) is 0 Å². The molecule has 1 fully saturated rings. The van der Waals surface area contributed by atoms with Crippen LogP contribution < -0.4 is 10.6 Å². The summed E-state index contributed by atoms with van der Waals surface area (Å²) < 4.78 is 0. The molecule has 1 aliphatic heterocycles. The van der Waals surface area contributed by atoms with Crippen LogP contribution in [0.3, 0.4) is 0 Å². The summed E-state index contributed by atoms with van der Waals surface area (Å²) in [5.74, 6) is 0.366. The predicted octanol–water partition coefficient (Wildman–Crippen LogP) is 2.40. The standard InChI is InChI=1S/C18H21N3O2.ClH/c22-17(16-7-9-20-12-16)14-3-5-15(6-4-14)18(23)21-11-13-2-1-8-19-10-13;/h3-7,9,12-13,19-20H,1-2,8,10-11H2,(H,21,23);1H. The number of carbonyl (C=O) groups is 2. The molecule has 1 aromatic carbocycles. The number of carbonyl (C=O) groups excluding carboxylic acids is 2. The van der Waals surface area contributed by atoms with E-state index in [2.05, 4.69) is 15.6 Å². The summed E-state index contributed by atoms with van der Waals surface area (Å²) >= 11 is 0. The van der Waals surface area contributed by atoms with Crippen molar-refractivity contribution in [2.24, 2.45) is 5.92 Å². The Kier molecular flexibility index (Phi) is 6.58. The van der Waals surface area contributed by atoms with Gasteiger partial charge in [-0.3, -0.25) is 9.59 Å². The summed E-state index contributed by atoms with van der Waals surface area (Å²) in [5.41, 5.74) is 1.78. The third-order valence-electron chi connectivity index (χ3n) is 4.22. The van der Waals surface area contributed by atoms with E-state index in [0.29, 0.717) is 29.2 Å². The molecule has 0 radical (unpaired) electrons. The van der Waals surface area contributed by atoms with Gasteiger partial charge in [0.2, 0.25) is 0 Å². The summed E-state index contributed by atoms with van der Waals surface area (Å²) in [6, 6.07) is 8.54. The number of benzene rings is 1. The highest BCUT2D eigenvalue weighted by Crippen LogP contribution is 2.12. The Morgan fingerprint density at radius 2 is 1.83 bits per heavy atom. The minimum Gasteiger partial charge on any atom is -0.367 e. The van der Waals surface area contributed by atoms with E-state index >= 15 is 0 Å². The Balaban J connectivity index is 0.00000208. The van der Waals surface area contributed by atoms with Gasteiger partial charge in [-0.2, -0.15) is 0 Å². The van der Waals surface area contributed by atoms with E-state index in [9.17, 15) is 9.59 Å². The van der Waals surface area contributed by atoms with Gasteiger partial charge in [0, 0.05) is 35.6 Å². The van der Waals surface area contributed by atoms with Crippen LogP contribution in [0.15, 0.2) is 42.7 Å². The molecule has 3 rings (SSSR count). The molecule has 6 heteroatoms. The van der Waals surface area contributed by atoms with E-state index in [0.717, 1.165) is 25.9 Å². The topological polar surface area (TPSA) is 74.0 Å². The molecule has 2 aromatic rings. The van der Waals surface area contributed by atoms with Gasteiger partial charge in [0.15, 0.2) is 5.78 Å². The molecule has 2 heterocycles. The van der Waals surface area contributed by atoms with E-state index in [1.165, 1.54) is 0 Å². The number of hydrogen-bond donors (Lipinski definition) is 3. The smallest absolute Gasteiger partial charge is 0.251 e. The van der Waals surface area contributed by atoms with Crippen LogP contribution in [0.4, 0.5) is 0 Å². The summed E-state index contributed by atoms with van der Waals surface area (Å²) in [5, 5.41) is 6.32. The monoisotopic (exact) mass is 347 g/mol. The highest BCUT2D eigenvalue weighted by atomic mass is 35.5. The van der Waals surface area contributed by atoms with E-state index in [4.69, 9.17) is 0 Å². The average Bonchev–Trinajstić information content (AvgIpc) is 3.15. The molecular weight excluding hydrogens is 326 g/mol. The molecule has 0 bridgehead atoms. The minimum atomic E-state index is -0.0868. The van der Waals surface area contributed by atoms with Crippen molar-refractivity contribution < 1.29 is 9.59 Å². The van der Waals surface area contributed by atoms with Crippen molar-refractivity contribution in [3.8, 4) is 0 Å². The summed E-state index contributed by atoms with van der Waals surface area (Å²) in [6.07, 6.45) is 5.70. The molecule has 0 spiro atoms. The highest BCUT2D eigenvalue weighted by molar-refractivity contribution is 6.09. The number of nitrogens with one attached hydrogen (secondary N) is 3. The zero-order chi connectivity index (χ0) is 16.1. The number of aromatic nitrogens is 1. The number of halogens is 1. The van der Waals surface area contributed by atoms with Gasteiger partial charge in [-0.15, -0.1) is 12.4 Å². The number of aromatic amines is 1. The summed E-state index contributed by atoms with van der Waals surface area (Å²) in [7, 11) is 0. The second kappa shape index (κ2) is 8.66. The largest absolute Gasteiger partial charge is 0.367 e. The molecule has 1 saturated heterocycles. The van der Waals surface area contributed by atoms with Crippen molar-refractivity contribution in [2.75, 3.05) is 19.6 Å². The second-order valence-electron chi connectivity index (χ2n) is 5.93. The fourth-order valence-electron chi connectivity index (χ4n) is 2.84. The maximum Gasteiger partial charge on any atom is 0.251 e. The van der Waals surface area contributed by atoms with Crippen LogP contribution in [0, 0.1) is 5.92 Å². The third-order valence-corrected chi connectivity index (χ3v) is 4.22. The molecular formula is C18H22ClN3O2. The van der Waals surface area contributed by atoms with Gasteiger partial charge in [0.25, 0.3) is 5.91 Å². The van der Waals surface area contributed by atoms with Crippen LogP contribution >= 0.6 is 12.4 Å². The lowest BCUT2D eigenvalue weighted by Crippen LogP contribution is -2.38. The zero-order valence-corrected chi connectivity index (χ0v) is 14.2. The maximum absolute atomic E-state index is 12.2. The predicted molar refractivity (Wildman–Crippen MR) is 95.8 cm³/mol. The minimum absolute atomic E-state index is 0. The summed E-state index contributed by atoms with van der Waals surface area (Å²) in [4.78, 5) is 27.2. The number of piperidine rings is 1. The lowest BCUT2D eigenvalue weighted by Gasteiger charge is -2.22. The van der Waals surface area contributed by atoms with E-state index in [1.807, 2.05) is 0 Å². The van der Waals surface area contributed by atoms with Crippen LogP contribution in [-0.2, 0) is 0 Å². The van der Waals surface area contributed by atoms with Crippen molar-refractivity contribution in [3.63, 3.8) is 0 Å². The van der Waals surface area contributed by atoms with Crippen molar-refractivity contribution in [3.05, 3.63) is 59.4 Å². The average molecular weight is 348 g/mol. The first kappa shape index (κ1) is 18.2. The first-order valence-electron chi connectivity index (χ1n) is 8.00. The van der Waals surface area contributed by atoms with Crippen LogP contribution in [0.25, 0.3) is 0 Å². The number of ketones is 1. The van der Waals surface area contributed by atoms with Crippen molar-refractivity contribution in [1.82, 2.24) is 15.6 Å². The number of hydrogen-bond acceptors (Lipinski definition) is 3. The Labute approximate surface area is 147 Å². The van der Waals surface area contributed by atoms with Gasteiger partial charge in [-0.05, 0) is 50.0 Å². The molecule has 1 unspecified atom stereocenters. The number of amides is 1. The SMILES string of the molecule is Cl.O=C(NCC1CCCNC1)c1ccc(C(=O)c2cc[nH]c2)cc1. The van der Waals surface area contributed by atoms with Gasteiger partial charge < -0.3 is 15.6 Å². The van der Waals surface area contributed by atoms with Crippen molar-refractivity contribution in [2.45, 2.75) is 12.8 Å². The first-order valence-corrected chi connectivity index (χ1v) is 8.00. The fourth-order valence-corrected chi connectivity index (χ4v) is 2.84. The van der Waals surface area contributed by atoms with Gasteiger partial charge in [0.05, 0.1) is 0 Å². The van der Waals surface area contributed by atoms with Gasteiger partial charge >= 0.3 is 0 Å². The molecule has 24 heavy (non-hydrogen) atoms. The fraction of sp³-hybridized carbons (Fsp3) is 0.333. The molecule has 3 N–H and O–H groups in total. The molecule has 1 aliphatic rings. The lowest BCUT2D eigenvalue weighted by atomic mass is 9.99. The highest BCUT2D eigenvalue weighted by Gasteiger charge is 2.15. The quantitative estimate of drug-likeness (QED) is 0.727. The van der Waals surface area contributed by atoms with Crippen LogP contribution in [0.1, 0.15) is 39.1 Å². The van der Waals surface area contributed by atoms with Crippen LogP contribution in [-0.4, -0.2) is 36.3 Å². The molecule has 1 aromatic heterocycles. The Morgan fingerprint density at radius 3 is 2.46 bits per heavy atom. The van der Waals surface area contributed by atoms with Crippen LogP contribution in [0.2, 0.25) is 0 Å². The van der Waals surface area contributed by atoms with Crippen molar-refractivity contribution in [1.29, 1.82) is 0 Å². The van der Waals surface area contributed by atoms with Crippen LogP contribution in [0.5, 0.6) is 0 Å². The zero-order valence-electron chi connectivity index (χ0n) is 13.4. The van der Waals surface area contributed by atoms with Crippen molar-refractivity contribution >= 4 is 24.1 Å². The second-order valence-corrected chi connectivity index (χ2v) is 5.93. The molecule has 1 amide bonds. The van der Waals surface area contributed by atoms with E-state index < -0.39 is 0 Å². The lowest BCUT2D eigenvalue weighted by molar-refractivity contribution is 0.0943. The first-order chi connectivity index (χ1) is 11.2. The third kappa shape index (κ3) is 4.46. The Bertz CT molecular complexity index is 662.